The second-order valence-electron chi connectivity index (χ2n) is 3.50. The summed E-state index contributed by atoms with van der Waals surface area (Å²) in [4.78, 5) is 22.2. The zero-order valence-electron chi connectivity index (χ0n) is 8.56. The van der Waals surface area contributed by atoms with Crippen LogP contribution in [0.2, 0.25) is 0 Å². The molecule has 0 bridgehead atoms. The first-order chi connectivity index (χ1) is 8.06. The van der Waals surface area contributed by atoms with Gasteiger partial charge in [0, 0.05) is 0 Å². The van der Waals surface area contributed by atoms with Gasteiger partial charge in [0.1, 0.15) is 5.75 Å². The van der Waals surface area contributed by atoms with E-state index in [0.717, 1.165) is 0 Å². The Morgan fingerprint density at radius 3 is 2.71 bits per heavy atom. The van der Waals surface area contributed by atoms with Crippen LogP contribution < -0.4 is 4.74 Å². The second-order valence-corrected chi connectivity index (χ2v) is 3.50. The van der Waals surface area contributed by atoms with Crippen molar-refractivity contribution in [2.24, 2.45) is 0 Å². The summed E-state index contributed by atoms with van der Waals surface area (Å²) in [6.07, 6.45) is -0.0725. The normalized spacial score (nSPS) is 19.6. The fraction of sp³-hybridized carbons (Fsp3) is 0.273. The summed E-state index contributed by atoms with van der Waals surface area (Å²) < 4.78 is 32.6. The van der Waals surface area contributed by atoms with Crippen LogP contribution in [0.4, 0.5) is 8.78 Å². The zero-order valence-corrected chi connectivity index (χ0v) is 8.56. The summed E-state index contributed by atoms with van der Waals surface area (Å²) in [6, 6.07) is 5.68. The molecule has 90 valence electrons. The Labute approximate surface area is 95.1 Å². The third kappa shape index (κ3) is 2.58. The number of benzene rings is 1. The number of hydrogen-bond acceptors (Lipinski definition) is 4. The van der Waals surface area contributed by atoms with Crippen molar-refractivity contribution in [2.75, 3.05) is 0 Å². The predicted molar refractivity (Wildman–Crippen MR) is 51.5 cm³/mol. The largest absolute Gasteiger partial charge is 0.435 e. The SMILES string of the molecule is O=C1CC(c2cccc(OC(F)F)c2)C(=O)O1. The Balaban J connectivity index is 2.21. The number of cyclic esters (lactones) is 2. The maximum absolute atomic E-state index is 12.0. The molecule has 1 aliphatic heterocycles. The van der Waals surface area contributed by atoms with Gasteiger partial charge in [-0.05, 0) is 17.7 Å². The van der Waals surface area contributed by atoms with Gasteiger partial charge >= 0.3 is 18.6 Å². The predicted octanol–water partition coefficient (Wildman–Crippen LogP) is 1.85. The Kier molecular flexibility index (Phi) is 3.03. The molecule has 2 rings (SSSR count). The number of esters is 2. The van der Waals surface area contributed by atoms with E-state index in [1.165, 1.54) is 18.2 Å². The van der Waals surface area contributed by atoms with Crippen molar-refractivity contribution in [1.82, 2.24) is 0 Å². The van der Waals surface area contributed by atoms with E-state index in [-0.39, 0.29) is 12.2 Å². The smallest absolute Gasteiger partial charge is 0.387 e. The molecular formula is C11H8F2O4. The number of alkyl halides is 2. The van der Waals surface area contributed by atoms with Gasteiger partial charge in [-0.15, -0.1) is 0 Å². The van der Waals surface area contributed by atoms with Gasteiger partial charge in [-0.1, -0.05) is 12.1 Å². The van der Waals surface area contributed by atoms with Gasteiger partial charge < -0.3 is 9.47 Å². The van der Waals surface area contributed by atoms with Crippen LogP contribution in [-0.4, -0.2) is 18.6 Å². The van der Waals surface area contributed by atoms with Gasteiger partial charge in [-0.2, -0.15) is 8.78 Å². The molecule has 0 aliphatic carbocycles. The number of carbonyl (C=O) groups is 2. The fourth-order valence-electron chi connectivity index (χ4n) is 1.64. The topological polar surface area (TPSA) is 52.6 Å². The van der Waals surface area contributed by atoms with E-state index >= 15 is 0 Å². The number of carbonyl (C=O) groups excluding carboxylic acids is 2. The molecule has 0 spiro atoms. The van der Waals surface area contributed by atoms with Crippen molar-refractivity contribution < 1.29 is 27.8 Å². The molecule has 0 N–H and O–H groups in total. The van der Waals surface area contributed by atoms with Crippen LogP contribution in [0.3, 0.4) is 0 Å². The summed E-state index contributed by atoms with van der Waals surface area (Å²) >= 11 is 0. The fourth-order valence-corrected chi connectivity index (χ4v) is 1.64. The maximum Gasteiger partial charge on any atom is 0.387 e. The number of hydrogen-bond donors (Lipinski definition) is 0. The van der Waals surface area contributed by atoms with E-state index in [0.29, 0.717) is 5.56 Å². The molecule has 6 heteroatoms. The molecule has 1 heterocycles. The number of halogens is 2. The molecule has 1 atom stereocenters. The van der Waals surface area contributed by atoms with E-state index in [1.54, 1.807) is 6.07 Å². The van der Waals surface area contributed by atoms with Crippen molar-refractivity contribution in [3.8, 4) is 5.75 Å². The second kappa shape index (κ2) is 4.48. The molecule has 1 aromatic carbocycles. The van der Waals surface area contributed by atoms with E-state index in [4.69, 9.17) is 0 Å². The summed E-state index contributed by atoms with van der Waals surface area (Å²) in [5, 5.41) is 0. The summed E-state index contributed by atoms with van der Waals surface area (Å²) in [5.41, 5.74) is 0.430. The van der Waals surface area contributed by atoms with Crippen LogP contribution in [0, 0.1) is 0 Å². The van der Waals surface area contributed by atoms with E-state index < -0.39 is 24.5 Å². The molecule has 4 nitrogen and oxygen atoms in total. The van der Waals surface area contributed by atoms with Crippen LogP contribution in [0.1, 0.15) is 17.9 Å². The third-order valence-corrected chi connectivity index (χ3v) is 2.36. The minimum absolute atomic E-state index is 0.0513. The lowest BCUT2D eigenvalue weighted by atomic mass is 9.98. The molecule has 0 saturated carbocycles. The number of ether oxygens (including phenoxy) is 2. The quantitative estimate of drug-likeness (QED) is 0.599. The average Bonchev–Trinajstić information content (AvgIpc) is 2.57. The summed E-state index contributed by atoms with van der Waals surface area (Å²) in [6.45, 7) is -2.93. The molecule has 0 radical (unpaired) electrons. The Bertz CT molecular complexity index is 459. The monoisotopic (exact) mass is 242 g/mol. The van der Waals surface area contributed by atoms with Gasteiger partial charge in [0.15, 0.2) is 0 Å². The highest BCUT2D eigenvalue weighted by Crippen LogP contribution is 2.29. The highest BCUT2D eigenvalue weighted by atomic mass is 19.3. The highest BCUT2D eigenvalue weighted by Gasteiger charge is 2.34. The van der Waals surface area contributed by atoms with Crippen molar-refractivity contribution in [3.63, 3.8) is 0 Å². The van der Waals surface area contributed by atoms with Crippen LogP contribution in [-0.2, 0) is 14.3 Å². The van der Waals surface area contributed by atoms with Crippen LogP contribution >= 0.6 is 0 Å². The van der Waals surface area contributed by atoms with Gasteiger partial charge in [0.25, 0.3) is 0 Å². The third-order valence-electron chi connectivity index (χ3n) is 2.36. The molecule has 1 aromatic rings. The number of rotatable bonds is 3. The molecular weight excluding hydrogens is 234 g/mol. The zero-order chi connectivity index (χ0) is 12.4. The van der Waals surface area contributed by atoms with Crippen molar-refractivity contribution in [2.45, 2.75) is 19.0 Å². The first-order valence-corrected chi connectivity index (χ1v) is 4.85. The Hall–Kier alpha value is -1.98. The first-order valence-electron chi connectivity index (χ1n) is 4.85. The lowest BCUT2D eigenvalue weighted by Gasteiger charge is -2.08. The van der Waals surface area contributed by atoms with Crippen molar-refractivity contribution >= 4 is 11.9 Å². The van der Waals surface area contributed by atoms with Gasteiger partial charge in [0.05, 0.1) is 12.3 Å². The lowest BCUT2D eigenvalue weighted by Crippen LogP contribution is -2.07. The summed E-state index contributed by atoms with van der Waals surface area (Å²) in [7, 11) is 0. The molecule has 17 heavy (non-hydrogen) atoms. The first kappa shape index (κ1) is 11.5. The van der Waals surface area contributed by atoms with Gasteiger partial charge in [0.2, 0.25) is 0 Å². The standard InChI is InChI=1S/C11H8F2O4/c12-11(13)16-7-3-1-2-6(4-7)8-5-9(14)17-10(8)15/h1-4,8,11H,5H2. The molecule has 1 aliphatic rings. The van der Waals surface area contributed by atoms with Crippen LogP contribution in [0.25, 0.3) is 0 Å². The average molecular weight is 242 g/mol. The lowest BCUT2D eigenvalue weighted by molar-refractivity contribution is -0.152. The summed E-state index contributed by atoms with van der Waals surface area (Å²) in [5.74, 6) is -2.06. The van der Waals surface area contributed by atoms with E-state index in [1.807, 2.05) is 0 Å². The molecule has 0 aromatic heterocycles. The Morgan fingerprint density at radius 2 is 2.12 bits per heavy atom. The van der Waals surface area contributed by atoms with Crippen molar-refractivity contribution in [3.05, 3.63) is 29.8 Å². The highest BCUT2D eigenvalue weighted by molar-refractivity contribution is 5.97. The molecule has 1 saturated heterocycles. The van der Waals surface area contributed by atoms with Crippen LogP contribution in [0.5, 0.6) is 5.75 Å². The van der Waals surface area contributed by atoms with Crippen molar-refractivity contribution in [1.29, 1.82) is 0 Å². The van der Waals surface area contributed by atoms with E-state index in [2.05, 4.69) is 9.47 Å². The molecule has 1 unspecified atom stereocenters. The molecule has 0 amide bonds. The minimum atomic E-state index is -2.93. The maximum atomic E-state index is 12.0. The van der Waals surface area contributed by atoms with E-state index in [9.17, 15) is 18.4 Å². The van der Waals surface area contributed by atoms with Gasteiger partial charge in [-0.3, -0.25) is 9.59 Å². The van der Waals surface area contributed by atoms with Gasteiger partial charge in [-0.25, -0.2) is 0 Å². The minimum Gasteiger partial charge on any atom is -0.435 e. The molecule has 1 fully saturated rings. The Morgan fingerprint density at radius 1 is 1.35 bits per heavy atom. The van der Waals surface area contributed by atoms with Crippen LogP contribution in [0.15, 0.2) is 24.3 Å².